The monoisotopic (exact) mass is 405 g/mol. The number of rotatable bonds is 5. The van der Waals surface area contributed by atoms with Crippen LogP contribution >= 0.6 is 0 Å². The molecule has 28 heavy (non-hydrogen) atoms. The van der Waals surface area contributed by atoms with Gasteiger partial charge in [-0.3, -0.25) is 4.79 Å². The Morgan fingerprint density at radius 3 is 2.39 bits per heavy atom. The average Bonchev–Trinajstić information content (AvgIpc) is 2.62. The highest BCUT2D eigenvalue weighted by Gasteiger charge is 2.29. The fourth-order valence-corrected chi connectivity index (χ4v) is 3.90. The van der Waals surface area contributed by atoms with Crippen molar-refractivity contribution in [1.29, 1.82) is 0 Å². The number of pyridine rings is 1. The molecule has 0 aliphatic carbocycles. The average molecular weight is 405 g/mol. The molecule has 0 N–H and O–H groups in total. The van der Waals surface area contributed by atoms with E-state index in [4.69, 9.17) is 4.74 Å². The van der Waals surface area contributed by atoms with Crippen LogP contribution in [0.3, 0.4) is 0 Å². The van der Waals surface area contributed by atoms with Gasteiger partial charge in [-0.1, -0.05) is 24.3 Å². The van der Waals surface area contributed by atoms with Gasteiger partial charge in [0, 0.05) is 35.8 Å². The van der Waals surface area contributed by atoms with Crippen molar-refractivity contribution in [2.45, 2.75) is 18.8 Å². The van der Waals surface area contributed by atoms with E-state index in [0.29, 0.717) is 27.9 Å². The molecule has 8 heteroatoms. The number of hydrogen-bond donors (Lipinski definition) is 0. The zero-order chi connectivity index (χ0) is 20.5. The number of hydrogen-bond acceptors (Lipinski definition) is 3. The highest BCUT2D eigenvalue weighted by atomic mass is 28.3. The predicted octanol–water partition coefficient (Wildman–Crippen LogP) is 4.28. The van der Waals surface area contributed by atoms with Crippen LogP contribution in [-0.4, -0.2) is 26.0 Å². The molecule has 1 aromatic heterocycles. The summed E-state index contributed by atoms with van der Waals surface area (Å²) >= 11 is 0. The fourth-order valence-electron chi connectivity index (χ4n) is 3.10. The Kier molecular flexibility index (Phi) is 5.51. The Balaban J connectivity index is 2.23. The topological polar surface area (TPSA) is 48.3 Å². The van der Waals surface area contributed by atoms with E-state index in [1.54, 1.807) is 56.2 Å². The summed E-state index contributed by atoms with van der Waals surface area (Å²) in [7, 11) is -0.229. The Bertz CT molecular complexity index is 1110. The zero-order valence-electron chi connectivity index (χ0n) is 15.3. The number of nitrogens with zero attached hydrogens (tertiary/aromatic N) is 1. The molecule has 2 aromatic carbocycles. The molecule has 0 radical (unpaired) electrons. The third kappa shape index (κ3) is 4.39. The van der Waals surface area contributed by atoms with Crippen LogP contribution in [0.15, 0.2) is 53.5 Å². The number of benzene rings is 2. The fraction of sp³-hybridized carbons (Fsp3) is 0.250. The Morgan fingerprint density at radius 2 is 1.75 bits per heavy atom. The van der Waals surface area contributed by atoms with Crippen molar-refractivity contribution in [2.24, 2.45) is 7.05 Å². The van der Waals surface area contributed by atoms with E-state index in [9.17, 15) is 22.4 Å². The van der Waals surface area contributed by atoms with Gasteiger partial charge in [0.25, 0.3) is 14.2 Å². The summed E-state index contributed by atoms with van der Waals surface area (Å²) in [6.45, 7) is 0.202. The number of aryl methyl sites for hydroxylation is 1. The molecule has 146 valence electrons. The lowest BCUT2D eigenvalue weighted by Crippen LogP contribution is -2.20. The van der Waals surface area contributed by atoms with E-state index in [1.807, 2.05) is 0 Å². The maximum absolute atomic E-state index is 12.7. The third-order valence-electron chi connectivity index (χ3n) is 4.27. The van der Waals surface area contributed by atoms with Crippen molar-refractivity contribution in [1.82, 2.24) is 4.57 Å². The maximum atomic E-state index is 12.7. The zero-order valence-corrected chi connectivity index (χ0v) is 16.3. The van der Waals surface area contributed by atoms with E-state index >= 15 is 0 Å². The molecule has 3 rings (SSSR count). The molecule has 1 heterocycles. The summed E-state index contributed by atoms with van der Waals surface area (Å²) in [6, 6.07) is 12.0. The van der Waals surface area contributed by atoms with Gasteiger partial charge < -0.3 is 13.8 Å². The molecular weight excluding hydrogens is 387 g/mol. The van der Waals surface area contributed by atoms with Gasteiger partial charge in [-0.15, -0.1) is 0 Å². The Morgan fingerprint density at radius 1 is 1.07 bits per heavy atom. The van der Waals surface area contributed by atoms with Gasteiger partial charge in [-0.05, 0) is 35.7 Å². The van der Waals surface area contributed by atoms with Crippen molar-refractivity contribution in [2.75, 3.05) is 6.61 Å². The molecule has 0 spiro atoms. The first-order valence-electron chi connectivity index (χ1n) is 8.56. The smallest absolute Gasteiger partial charge is 0.422 e. The van der Waals surface area contributed by atoms with Crippen LogP contribution in [0.5, 0.6) is 5.75 Å². The van der Waals surface area contributed by atoms with Crippen molar-refractivity contribution in [3.05, 3.63) is 64.6 Å². The summed E-state index contributed by atoms with van der Waals surface area (Å²) < 4.78 is 56.2. The van der Waals surface area contributed by atoms with E-state index in [0.717, 1.165) is 5.56 Å². The van der Waals surface area contributed by atoms with Gasteiger partial charge in [0.05, 0.1) is 0 Å². The second-order valence-electron chi connectivity index (χ2n) is 6.62. The van der Waals surface area contributed by atoms with Crippen molar-refractivity contribution >= 4 is 19.5 Å². The summed E-state index contributed by atoms with van der Waals surface area (Å²) in [5.74, 6) is 0.0562. The lowest BCUT2D eigenvalue weighted by Gasteiger charge is -2.16. The molecule has 0 saturated heterocycles. The van der Waals surface area contributed by atoms with E-state index in [2.05, 4.69) is 0 Å². The summed E-state index contributed by atoms with van der Waals surface area (Å²) in [5, 5.41) is 1.07. The number of ether oxygens (including phenoxy) is 1. The molecule has 4 nitrogen and oxygen atoms in total. The van der Waals surface area contributed by atoms with Gasteiger partial charge in [0.2, 0.25) is 0 Å². The largest absolute Gasteiger partial charge is 0.483 e. The lowest BCUT2D eigenvalue weighted by molar-refractivity contribution is -0.153. The molecule has 0 bridgehead atoms. The van der Waals surface area contributed by atoms with Gasteiger partial charge in [0.1, 0.15) is 5.75 Å². The van der Waals surface area contributed by atoms with Crippen LogP contribution in [0.1, 0.15) is 5.56 Å². The minimum absolute atomic E-state index is 0.0562. The molecule has 0 aliphatic heterocycles. The summed E-state index contributed by atoms with van der Waals surface area (Å²) in [6.07, 6.45) is -2.89. The molecule has 0 atom stereocenters. The Labute approximate surface area is 160 Å². The quantitative estimate of drug-likeness (QED) is 0.596. The Hall–Kier alpha value is -2.74. The standard InChI is InChI=1S/C20H18F3NO3Si/c1-24-10-17(14-5-3-4-6-15(14)19(24)25)16-9-13(11-28(2)26)7-8-18(16)27-12-20(21,22)23/h3-10H,11-12H2,1-2H3. The first-order valence-corrected chi connectivity index (χ1v) is 10.7. The second-order valence-corrected chi connectivity index (χ2v) is 8.38. The van der Waals surface area contributed by atoms with E-state index in [-0.39, 0.29) is 11.3 Å². The van der Waals surface area contributed by atoms with Crippen molar-refractivity contribution in [3.8, 4) is 16.9 Å². The van der Waals surface area contributed by atoms with Crippen LogP contribution in [-0.2, 0) is 17.6 Å². The van der Waals surface area contributed by atoms with Crippen molar-refractivity contribution in [3.63, 3.8) is 0 Å². The highest BCUT2D eigenvalue weighted by molar-refractivity contribution is 6.40. The second kappa shape index (κ2) is 7.71. The van der Waals surface area contributed by atoms with E-state index < -0.39 is 21.5 Å². The number of halogens is 3. The van der Waals surface area contributed by atoms with Crippen LogP contribution in [0, 0.1) is 0 Å². The number of aromatic nitrogens is 1. The lowest BCUT2D eigenvalue weighted by atomic mass is 9.98. The molecular formula is C20H18F3NO3Si. The first kappa shape index (κ1) is 20.0. The summed E-state index contributed by atoms with van der Waals surface area (Å²) in [4.78, 5) is 12.4. The normalized spacial score (nSPS) is 11.6. The highest BCUT2D eigenvalue weighted by Crippen LogP contribution is 2.36. The number of fused-ring (bicyclic) bond motifs is 1. The maximum Gasteiger partial charge on any atom is 0.422 e. The SMILES string of the molecule is Cn1cc(-c2cc(C[Si](C)=O)ccc2OCC(F)(F)F)c2ccccc2c1=O. The van der Waals surface area contributed by atoms with Crippen molar-refractivity contribution < 1.29 is 22.4 Å². The number of alkyl halides is 3. The predicted molar refractivity (Wildman–Crippen MR) is 102 cm³/mol. The van der Waals surface area contributed by atoms with Gasteiger partial charge in [0.15, 0.2) is 6.61 Å². The van der Waals surface area contributed by atoms with Gasteiger partial charge in [-0.2, -0.15) is 13.2 Å². The van der Waals surface area contributed by atoms with E-state index in [1.165, 1.54) is 10.6 Å². The third-order valence-corrected chi connectivity index (χ3v) is 5.18. The molecule has 0 fully saturated rings. The van der Waals surface area contributed by atoms with Crippen LogP contribution in [0.4, 0.5) is 13.2 Å². The van der Waals surface area contributed by atoms with Crippen LogP contribution in [0.2, 0.25) is 6.55 Å². The minimum atomic E-state index is -4.48. The molecule has 0 saturated carbocycles. The van der Waals surface area contributed by atoms with Gasteiger partial charge >= 0.3 is 6.18 Å². The molecule has 0 aliphatic rings. The molecule has 0 amide bonds. The van der Waals surface area contributed by atoms with Crippen LogP contribution in [0.25, 0.3) is 21.9 Å². The first-order chi connectivity index (χ1) is 13.2. The molecule has 0 unspecified atom stereocenters. The summed E-state index contributed by atoms with van der Waals surface area (Å²) in [5.41, 5.74) is 1.54. The van der Waals surface area contributed by atoms with Gasteiger partial charge in [-0.25, -0.2) is 0 Å². The minimum Gasteiger partial charge on any atom is -0.483 e. The molecule has 3 aromatic rings. The van der Waals surface area contributed by atoms with Crippen LogP contribution < -0.4 is 10.3 Å².